The van der Waals surface area contributed by atoms with Gasteiger partial charge in [0.25, 0.3) is 0 Å². The Balaban J connectivity index is 1.69. The van der Waals surface area contributed by atoms with Crippen molar-refractivity contribution < 1.29 is 23.9 Å². The Hall–Kier alpha value is -1.67. The van der Waals surface area contributed by atoms with Crippen LogP contribution in [0, 0.1) is 0 Å². The summed E-state index contributed by atoms with van der Waals surface area (Å²) in [4.78, 5) is 36.3. The molecule has 2 N–H and O–H groups in total. The lowest BCUT2D eigenvalue weighted by atomic mass is 10.2. The molecule has 1 aliphatic carbocycles. The molecule has 2 fully saturated rings. The predicted octanol–water partition coefficient (Wildman–Crippen LogP) is -0.761. The summed E-state index contributed by atoms with van der Waals surface area (Å²) in [6, 6.07) is -0.229. The number of urea groups is 1. The van der Waals surface area contributed by atoms with Crippen molar-refractivity contribution in [2.75, 3.05) is 33.4 Å². The first-order valence-electron chi connectivity index (χ1n) is 7.08. The maximum Gasteiger partial charge on any atom is 0.321 e. The van der Waals surface area contributed by atoms with Gasteiger partial charge in [-0.05, 0) is 12.8 Å². The molecule has 3 amide bonds. The standard InChI is InChI=1S/C13H21N3O5/c1-20-12(18)6-10-7-16(4-5-21-10)8-11(17)15-13(19)14-9-2-3-9/h9-10H,2-8H2,1H3,(H2,14,15,17,19). The fourth-order valence-corrected chi connectivity index (χ4v) is 2.14. The average molecular weight is 299 g/mol. The van der Waals surface area contributed by atoms with E-state index in [9.17, 15) is 14.4 Å². The summed E-state index contributed by atoms with van der Waals surface area (Å²) < 4.78 is 10.0. The van der Waals surface area contributed by atoms with Gasteiger partial charge in [0.15, 0.2) is 0 Å². The van der Waals surface area contributed by atoms with Gasteiger partial charge in [-0.2, -0.15) is 0 Å². The van der Waals surface area contributed by atoms with Crippen molar-refractivity contribution in [3.63, 3.8) is 0 Å². The number of nitrogens with one attached hydrogen (secondary N) is 2. The third kappa shape index (κ3) is 5.68. The second-order valence-corrected chi connectivity index (χ2v) is 5.30. The molecule has 0 spiro atoms. The number of hydrogen-bond acceptors (Lipinski definition) is 6. The van der Waals surface area contributed by atoms with E-state index >= 15 is 0 Å². The zero-order valence-corrected chi connectivity index (χ0v) is 12.1. The van der Waals surface area contributed by atoms with Gasteiger partial charge >= 0.3 is 12.0 Å². The summed E-state index contributed by atoms with van der Waals surface area (Å²) in [7, 11) is 1.33. The van der Waals surface area contributed by atoms with Gasteiger partial charge in [-0.3, -0.25) is 19.8 Å². The number of methoxy groups -OCH3 is 1. The minimum Gasteiger partial charge on any atom is -0.469 e. The van der Waals surface area contributed by atoms with Gasteiger partial charge in [0, 0.05) is 19.1 Å². The van der Waals surface area contributed by atoms with Gasteiger partial charge in [0.1, 0.15) is 0 Å². The van der Waals surface area contributed by atoms with Crippen LogP contribution in [0.3, 0.4) is 0 Å². The molecule has 0 radical (unpaired) electrons. The molecule has 8 heteroatoms. The highest BCUT2D eigenvalue weighted by Gasteiger charge is 2.26. The first-order valence-corrected chi connectivity index (χ1v) is 7.08. The molecule has 2 rings (SSSR count). The number of nitrogens with zero attached hydrogens (tertiary/aromatic N) is 1. The summed E-state index contributed by atoms with van der Waals surface area (Å²) in [6.45, 7) is 1.62. The van der Waals surface area contributed by atoms with E-state index in [0.717, 1.165) is 12.8 Å². The van der Waals surface area contributed by atoms with Crippen molar-refractivity contribution in [2.45, 2.75) is 31.4 Å². The van der Waals surface area contributed by atoms with Crippen LogP contribution in [0.1, 0.15) is 19.3 Å². The molecule has 1 saturated carbocycles. The van der Waals surface area contributed by atoms with Crippen LogP contribution >= 0.6 is 0 Å². The SMILES string of the molecule is COC(=O)CC1CN(CC(=O)NC(=O)NC2CC2)CCO1. The second kappa shape index (κ2) is 7.37. The number of hydrogen-bond donors (Lipinski definition) is 2. The number of imide groups is 1. The predicted molar refractivity (Wildman–Crippen MR) is 72.5 cm³/mol. The van der Waals surface area contributed by atoms with Crippen molar-refractivity contribution in [3.8, 4) is 0 Å². The van der Waals surface area contributed by atoms with Gasteiger partial charge in [-0.1, -0.05) is 0 Å². The summed E-state index contributed by atoms with van der Waals surface area (Å²) >= 11 is 0. The Kier molecular flexibility index (Phi) is 5.51. The first kappa shape index (κ1) is 15.7. The van der Waals surface area contributed by atoms with Crippen molar-refractivity contribution in [1.82, 2.24) is 15.5 Å². The molecular weight excluding hydrogens is 278 g/mol. The Morgan fingerprint density at radius 2 is 2.10 bits per heavy atom. The van der Waals surface area contributed by atoms with Crippen molar-refractivity contribution in [3.05, 3.63) is 0 Å². The highest BCUT2D eigenvalue weighted by Crippen LogP contribution is 2.18. The highest BCUT2D eigenvalue weighted by atomic mass is 16.5. The quantitative estimate of drug-likeness (QED) is 0.648. The van der Waals surface area contributed by atoms with Gasteiger partial charge in [0.05, 0.1) is 32.8 Å². The Morgan fingerprint density at radius 1 is 1.33 bits per heavy atom. The summed E-state index contributed by atoms with van der Waals surface area (Å²) in [6.07, 6.45) is 1.83. The molecule has 21 heavy (non-hydrogen) atoms. The van der Waals surface area contributed by atoms with Gasteiger partial charge in [-0.25, -0.2) is 4.79 Å². The molecule has 118 valence electrons. The lowest BCUT2D eigenvalue weighted by Gasteiger charge is -2.31. The van der Waals surface area contributed by atoms with Crippen LogP contribution in [-0.2, 0) is 19.1 Å². The van der Waals surface area contributed by atoms with E-state index in [1.807, 2.05) is 4.90 Å². The Bertz CT molecular complexity index is 411. The molecule has 0 aromatic heterocycles. The third-order valence-corrected chi connectivity index (χ3v) is 3.38. The summed E-state index contributed by atoms with van der Waals surface area (Å²) in [5, 5.41) is 4.99. The smallest absolute Gasteiger partial charge is 0.321 e. The van der Waals surface area contributed by atoms with Crippen molar-refractivity contribution in [2.24, 2.45) is 0 Å². The molecule has 8 nitrogen and oxygen atoms in total. The largest absolute Gasteiger partial charge is 0.469 e. The molecular formula is C13H21N3O5. The van der Waals surface area contributed by atoms with Gasteiger partial charge < -0.3 is 14.8 Å². The number of esters is 1. The van der Waals surface area contributed by atoms with Crippen molar-refractivity contribution >= 4 is 17.9 Å². The number of carbonyl (C=O) groups excluding carboxylic acids is 3. The first-order chi connectivity index (χ1) is 10.1. The minimum atomic E-state index is -0.443. The zero-order chi connectivity index (χ0) is 15.2. The number of carbonyl (C=O) groups is 3. The fraction of sp³-hybridized carbons (Fsp3) is 0.769. The molecule has 1 atom stereocenters. The minimum absolute atomic E-state index is 0.110. The van der Waals surface area contributed by atoms with E-state index in [2.05, 4.69) is 15.4 Å². The van der Waals surface area contributed by atoms with Crippen molar-refractivity contribution in [1.29, 1.82) is 0 Å². The van der Waals surface area contributed by atoms with Crippen LogP contribution in [0.5, 0.6) is 0 Å². The number of rotatable bonds is 5. The lowest BCUT2D eigenvalue weighted by molar-refractivity contribution is -0.145. The molecule has 1 heterocycles. The van der Waals surface area contributed by atoms with E-state index in [1.54, 1.807) is 0 Å². The van der Waals surface area contributed by atoms with Crippen LogP contribution < -0.4 is 10.6 Å². The van der Waals surface area contributed by atoms with E-state index in [-0.39, 0.29) is 37.0 Å². The third-order valence-electron chi connectivity index (χ3n) is 3.38. The molecule has 1 aliphatic heterocycles. The number of amides is 3. The molecule has 0 aromatic rings. The monoisotopic (exact) mass is 299 g/mol. The molecule has 2 aliphatic rings. The molecule has 0 aromatic carbocycles. The topological polar surface area (TPSA) is 97.0 Å². The Labute approximate surface area is 123 Å². The normalized spacial score (nSPS) is 22.4. The van der Waals surface area contributed by atoms with Crippen LogP contribution in [0.2, 0.25) is 0 Å². The van der Waals surface area contributed by atoms with Crippen LogP contribution in [0.4, 0.5) is 4.79 Å². The average Bonchev–Trinajstić information content (AvgIpc) is 3.22. The highest BCUT2D eigenvalue weighted by molar-refractivity contribution is 5.95. The van der Waals surface area contributed by atoms with Crippen LogP contribution in [0.25, 0.3) is 0 Å². The van der Waals surface area contributed by atoms with Gasteiger partial charge in [-0.15, -0.1) is 0 Å². The van der Waals surface area contributed by atoms with Crippen LogP contribution in [0.15, 0.2) is 0 Å². The van der Waals surface area contributed by atoms with E-state index < -0.39 is 6.03 Å². The van der Waals surface area contributed by atoms with E-state index in [4.69, 9.17) is 4.74 Å². The summed E-state index contributed by atoms with van der Waals surface area (Å²) in [5.41, 5.74) is 0. The second-order valence-electron chi connectivity index (χ2n) is 5.30. The zero-order valence-electron chi connectivity index (χ0n) is 12.1. The molecule has 1 unspecified atom stereocenters. The lowest BCUT2D eigenvalue weighted by Crippen LogP contribution is -2.49. The maximum atomic E-state index is 11.8. The molecule has 0 bridgehead atoms. The number of morpholine rings is 1. The summed E-state index contributed by atoms with van der Waals surface area (Å²) in [5.74, 6) is -0.693. The Morgan fingerprint density at radius 3 is 2.76 bits per heavy atom. The number of ether oxygens (including phenoxy) is 2. The van der Waals surface area contributed by atoms with E-state index in [0.29, 0.717) is 19.7 Å². The molecule has 1 saturated heterocycles. The van der Waals surface area contributed by atoms with E-state index in [1.165, 1.54) is 7.11 Å². The maximum absolute atomic E-state index is 11.8. The fourth-order valence-electron chi connectivity index (χ4n) is 2.14. The van der Waals surface area contributed by atoms with Crippen LogP contribution in [-0.4, -0.2) is 68.3 Å². The van der Waals surface area contributed by atoms with Gasteiger partial charge in [0.2, 0.25) is 5.91 Å².